The molecule has 0 saturated heterocycles. The lowest BCUT2D eigenvalue weighted by Crippen LogP contribution is -2.13. The summed E-state index contributed by atoms with van der Waals surface area (Å²) < 4.78 is 1.74. The van der Waals surface area contributed by atoms with E-state index in [0.29, 0.717) is 5.69 Å². The molecule has 0 radical (unpaired) electrons. The zero-order valence-corrected chi connectivity index (χ0v) is 15.2. The average molecular weight is 365 g/mol. The highest BCUT2D eigenvalue weighted by Gasteiger charge is 2.19. The van der Waals surface area contributed by atoms with E-state index in [-0.39, 0.29) is 11.8 Å². The number of rotatable bonds is 6. The van der Waals surface area contributed by atoms with Crippen LogP contribution in [0, 0.1) is 0 Å². The second kappa shape index (κ2) is 8.27. The minimum absolute atomic E-state index is 0.144. The van der Waals surface area contributed by atoms with Gasteiger partial charge in [0.1, 0.15) is 6.04 Å². The third-order valence-corrected chi connectivity index (χ3v) is 4.48. The smallest absolute Gasteiger partial charge is 0.207 e. The van der Waals surface area contributed by atoms with Crippen molar-refractivity contribution in [3.8, 4) is 0 Å². The molecule has 4 aromatic rings. The summed E-state index contributed by atoms with van der Waals surface area (Å²) in [6.07, 6.45) is 5.03. The summed E-state index contributed by atoms with van der Waals surface area (Å²) in [5, 5.41) is 8.37. The van der Waals surface area contributed by atoms with Crippen LogP contribution in [0.5, 0.6) is 0 Å². The van der Waals surface area contributed by atoms with Gasteiger partial charge in [0.25, 0.3) is 0 Å². The molecule has 0 aliphatic carbocycles. The van der Waals surface area contributed by atoms with E-state index in [1.807, 2.05) is 66.7 Å². The zero-order chi connectivity index (χ0) is 19.2. The van der Waals surface area contributed by atoms with Gasteiger partial charge in [0.2, 0.25) is 5.78 Å². The summed E-state index contributed by atoms with van der Waals surface area (Å²) in [4.78, 5) is 12.5. The number of nitrogens with zero attached hydrogens (tertiary/aromatic N) is 3. The van der Waals surface area contributed by atoms with Gasteiger partial charge in [-0.2, -0.15) is 0 Å². The summed E-state index contributed by atoms with van der Waals surface area (Å²) in [5.74, 6) is -0.171. The van der Waals surface area contributed by atoms with Crippen molar-refractivity contribution in [2.24, 2.45) is 0 Å². The number of hydrogen-bond acceptors (Lipinski definition) is 3. The summed E-state index contributed by atoms with van der Waals surface area (Å²) >= 11 is 0. The van der Waals surface area contributed by atoms with Gasteiger partial charge in [-0.25, -0.2) is 4.68 Å². The first-order valence-electron chi connectivity index (χ1n) is 9.10. The summed E-state index contributed by atoms with van der Waals surface area (Å²) in [5.41, 5.74) is 3.45. The Morgan fingerprint density at radius 3 is 1.89 bits per heavy atom. The van der Waals surface area contributed by atoms with Gasteiger partial charge in [-0.3, -0.25) is 4.79 Å². The van der Waals surface area contributed by atoms with Crippen LogP contribution in [0.3, 0.4) is 0 Å². The average Bonchev–Trinajstić information content (AvgIpc) is 3.24. The second-order valence-corrected chi connectivity index (χ2v) is 6.42. The molecule has 0 atom stereocenters. The van der Waals surface area contributed by atoms with E-state index >= 15 is 0 Å². The van der Waals surface area contributed by atoms with Crippen LogP contribution in [0.1, 0.15) is 33.2 Å². The van der Waals surface area contributed by atoms with E-state index < -0.39 is 0 Å². The molecule has 0 saturated carbocycles. The number of ketones is 1. The number of hydrogen-bond donors (Lipinski definition) is 0. The van der Waals surface area contributed by atoms with E-state index in [4.69, 9.17) is 0 Å². The maximum Gasteiger partial charge on any atom is 0.207 e. The predicted octanol–water partition coefficient (Wildman–Crippen LogP) is 4.81. The van der Waals surface area contributed by atoms with Crippen molar-refractivity contribution in [3.63, 3.8) is 0 Å². The monoisotopic (exact) mass is 365 g/mol. The van der Waals surface area contributed by atoms with Crippen LogP contribution < -0.4 is 0 Å². The van der Waals surface area contributed by atoms with Crippen LogP contribution in [-0.4, -0.2) is 20.8 Å². The van der Waals surface area contributed by atoms with Crippen molar-refractivity contribution in [1.82, 2.24) is 15.0 Å². The molecular formula is C24H19N3O. The normalized spacial score (nSPS) is 11.2. The Balaban J connectivity index is 1.64. The number of carbonyl (C=O) groups excluding carboxylic acids is 1. The van der Waals surface area contributed by atoms with Gasteiger partial charge in [-0.15, -0.1) is 5.10 Å². The quantitative estimate of drug-likeness (QED) is 0.364. The first kappa shape index (κ1) is 17.6. The first-order chi connectivity index (χ1) is 13.8. The highest BCUT2D eigenvalue weighted by atomic mass is 16.1. The number of allylic oxidation sites excluding steroid dienone is 1. The molecule has 4 nitrogen and oxygen atoms in total. The van der Waals surface area contributed by atoms with Gasteiger partial charge in [-0.1, -0.05) is 102 Å². The fourth-order valence-electron chi connectivity index (χ4n) is 3.11. The van der Waals surface area contributed by atoms with Crippen molar-refractivity contribution in [3.05, 3.63) is 126 Å². The van der Waals surface area contributed by atoms with Gasteiger partial charge in [-0.05, 0) is 22.8 Å². The molecule has 1 aromatic heterocycles. The fourth-order valence-corrected chi connectivity index (χ4v) is 3.11. The van der Waals surface area contributed by atoms with E-state index in [2.05, 4.69) is 34.6 Å². The molecule has 0 N–H and O–H groups in total. The van der Waals surface area contributed by atoms with Gasteiger partial charge >= 0.3 is 0 Å². The molecule has 1 heterocycles. The largest absolute Gasteiger partial charge is 0.287 e. The third-order valence-electron chi connectivity index (χ3n) is 4.48. The van der Waals surface area contributed by atoms with Crippen molar-refractivity contribution in [1.29, 1.82) is 0 Å². The summed E-state index contributed by atoms with van der Waals surface area (Å²) in [6.45, 7) is 0. The molecule has 0 spiro atoms. The Morgan fingerprint density at radius 1 is 0.786 bits per heavy atom. The lowest BCUT2D eigenvalue weighted by molar-refractivity contribution is 0.104. The molecule has 4 heteroatoms. The Hall–Kier alpha value is -3.79. The van der Waals surface area contributed by atoms with Crippen LogP contribution in [0.15, 0.2) is 103 Å². The minimum Gasteiger partial charge on any atom is -0.287 e. The summed E-state index contributed by atoms with van der Waals surface area (Å²) in [6, 6.07) is 29.7. The molecular weight excluding hydrogens is 346 g/mol. The Kier molecular flexibility index (Phi) is 5.20. The van der Waals surface area contributed by atoms with Crippen LogP contribution in [0.4, 0.5) is 0 Å². The zero-order valence-electron chi connectivity index (χ0n) is 15.2. The lowest BCUT2D eigenvalue weighted by atomic mass is 9.99. The molecule has 4 rings (SSSR count). The molecule has 0 aliphatic heterocycles. The maximum atomic E-state index is 12.5. The highest BCUT2D eigenvalue weighted by Crippen LogP contribution is 2.25. The number of aromatic nitrogens is 3. The maximum absolute atomic E-state index is 12.5. The number of benzene rings is 3. The molecule has 0 fully saturated rings. The van der Waals surface area contributed by atoms with Gasteiger partial charge in [0, 0.05) is 0 Å². The molecule has 28 heavy (non-hydrogen) atoms. The van der Waals surface area contributed by atoms with E-state index in [9.17, 15) is 4.79 Å². The summed E-state index contributed by atoms with van der Waals surface area (Å²) in [7, 11) is 0. The first-order valence-corrected chi connectivity index (χ1v) is 9.10. The SMILES string of the molecule is O=C(C=Cc1ccccc1)c1cn(C(c2ccccc2)c2ccccc2)nn1. The highest BCUT2D eigenvalue weighted by molar-refractivity contribution is 6.05. The van der Waals surface area contributed by atoms with Crippen LogP contribution in [0.25, 0.3) is 6.08 Å². The standard InChI is InChI=1S/C24H19N3O/c28-23(17-16-19-10-4-1-5-11-19)22-18-27(26-25-22)24(20-12-6-2-7-13-20)21-14-8-3-9-15-21/h1-18,24H. The van der Waals surface area contributed by atoms with E-state index in [1.54, 1.807) is 17.0 Å². The van der Waals surface area contributed by atoms with Crippen LogP contribution in [0.2, 0.25) is 0 Å². The predicted molar refractivity (Wildman–Crippen MR) is 110 cm³/mol. The van der Waals surface area contributed by atoms with Crippen LogP contribution in [-0.2, 0) is 0 Å². The Bertz CT molecular complexity index is 1030. The molecule has 0 bridgehead atoms. The molecule has 0 aliphatic rings. The van der Waals surface area contributed by atoms with E-state index in [1.165, 1.54) is 6.08 Å². The number of carbonyl (C=O) groups is 1. The van der Waals surface area contributed by atoms with Crippen molar-refractivity contribution in [2.45, 2.75) is 6.04 Å². The third kappa shape index (κ3) is 3.96. The van der Waals surface area contributed by atoms with Gasteiger partial charge in [0.05, 0.1) is 6.20 Å². The fraction of sp³-hybridized carbons (Fsp3) is 0.0417. The molecule has 0 amide bonds. The Morgan fingerprint density at radius 2 is 1.32 bits per heavy atom. The molecule has 136 valence electrons. The van der Waals surface area contributed by atoms with Crippen molar-refractivity contribution >= 4 is 11.9 Å². The van der Waals surface area contributed by atoms with Crippen molar-refractivity contribution in [2.75, 3.05) is 0 Å². The molecule has 0 unspecified atom stereocenters. The Labute approximate surface area is 163 Å². The van der Waals surface area contributed by atoms with E-state index in [0.717, 1.165) is 16.7 Å². The van der Waals surface area contributed by atoms with Gasteiger partial charge in [0.15, 0.2) is 5.69 Å². The molecule has 3 aromatic carbocycles. The van der Waals surface area contributed by atoms with Crippen molar-refractivity contribution < 1.29 is 4.79 Å². The minimum atomic E-state index is -0.171. The topological polar surface area (TPSA) is 47.8 Å². The lowest BCUT2D eigenvalue weighted by Gasteiger charge is -2.17. The van der Waals surface area contributed by atoms with Crippen LogP contribution >= 0.6 is 0 Å². The second-order valence-electron chi connectivity index (χ2n) is 6.42. The van der Waals surface area contributed by atoms with Gasteiger partial charge < -0.3 is 0 Å².